The lowest BCUT2D eigenvalue weighted by Gasteiger charge is -2.41. The maximum Gasteiger partial charge on any atom is 0.229 e. The summed E-state index contributed by atoms with van der Waals surface area (Å²) in [6.45, 7) is 1.94. The minimum atomic E-state index is -0.798. The summed E-state index contributed by atoms with van der Waals surface area (Å²) in [5.74, 6) is 0.111. The fourth-order valence-electron chi connectivity index (χ4n) is 3.56. The molecule has 20 heavy (non-hydrogen) atoms. The minimum Gasteiger partial charge on any atom is -0.388 e. The van der Waals surface area contributed by atoms with E-state index in [9.17, 15) is 9.90 Å². The van der Waals surface area contributed by atoms with Crippen molar-refractivity contribution >= 4 is 5.91 Å². The second kappa shape index (κ2) is 6.41. The van der Waals surface area contributed by atoms with Crippen LogP contribution in [0.2, 0.25) is 0 Å². The Kier molecular flexibility index (Phi) is 5.04. The zero-order valence-corrected chi connectivity index (χ0v) is 12.6. The van der Waals surface area contributed by atoms with Crippen molar-refractivity contribution in [1.29, 1.82) is 0 Å². The molecule has 3 N–H and O–H groups in total. The number of rotatable bonds is 4. The molecule has 2 fully saturated rings. The van der Waals surface area contributed by atoms with E-state index in [1.807, 2.05) is 0 Å². The van der Waals surface area contributed by atoms with Crippen molar-refractivity contribution in [3.8, 4) is 0 Å². The van der Waals surface area contributed by atoms with E-state index in [4.69, 9.17) is 10.5 Å². The highest BCUT2D eigenvalue weighted by Crippen LogP contribution is 2.37. The first-order valence-corrected chi connectivity index (χ1v) is 7.77. The van der Waals surface area contributed by atoms with Crippen molar-refractivity contribution in [1.82, 2.24) is 4.90 Å². The number of amides is 1. The highest BCUT2D eigenvalue weighted by molar-refractivity contribution is 5.83. The molecule has 0 bridgehead atoms. The fourth-order valence-corrected chi connectivity index (χ4v) is 3.56. The van der Waals surface area contributed by atoms with Gasteiger partial charge in [0, 0.05) is 46.2 Å². The van der Waals surface area contributed by atoms with Crippen LogP contribution in [0, 0.1) is 5.41 Å². The van der Waals surface area contributed by atoms with Gasteiger partial charge in [0.1, 0.15) is 0 Å². The van der Waals surface area contributed by atoms with Crippen LogP contribution in [0.4, 0.5) is 0 Å². The topological polar surface area (TPSA) is 75.8 Å². The third kappa shape index (κ3) is 3.32. The molecule has 1 aliphatic carbocycles. The van der Waals surface area contributed by atoms with Crippen LogP contribution in [0.5, 0.6) is 0 Å². The Morgan fingerprint density at radius 2 is 1.80 bits per heavy atom. The summed E-state index contributed by atoms with van der Waals surface area (Å²) in [6, 6.07) is 0. The quantitative estimate of drug-likeness (QED) is 0.804. The van der Waals surface area contributed by atoms with Gasteiger partial charge in [0.15, 0.2) is 0 Å². The molecule has 1 amide bonds. The normalized spacial score (nSPS) is 25.1. The largest absolute Gasteiger partial charge is 0.388 e. The molecule has 1 saturated carbocycles. The van der Waals surface area contributed by atoms with E-state index in [2.05, 4.69) is 0 Å². The van der Waals surface area contributed by atoms with Crippen LogP contribution in [-0.2, 0) is 9.53 Å². The van der Waals surface area contributed by atoms with Gasteiger partial charge in [-0.2, -0.15) is 0 Å². The van der Waals surface area contributed by atoms with Gasteiger partial charge in [0.25, 0.3) is 0 Å². The van der Waals surface area contributed by atoms with Crippen molar-refractivity contribution in [2.24, 2.45) is 11.1 Å². The SMILES string of the molecule is CN(CC1(O)CCOCC1)C(=O)C1(CN)CCCCC1. The molecule has 1 aliphatic heterocycles. The Morgan fingerprint density at radius 1 is 1.20 bits per heavy atom. The van der Waals surface area contributed by atoms with Gasteiger partial charge in [-0.3, -0.25) is 4.79 Å². The lowest BCUT2D eigenvalue weighted by Crippen LogP contribution is -2.53. The third-order valence-electron chi connectivity index (χ3n) is 4.96. The van der Waals surface area contributed by atoms with Crippen LogP contribution in [0.15, 0.2) is 0 Å². The number of carbonyl (C=O) groups excluding carboxylic acids is 1. The van der Waals surface area contributed by atoms with Crippen LogP contribution in [0.3, 0.4) is 0 Å². The van der Waals surface area contributed by atoms with Crippen molar-refractivity contribution in [3.63, 3.8) is 0 Å². The molecule has 1 saturated heterocycles. The van der Waals surface area contributed by atoms with Gasteiger partial charge in [-0.1, -0.05) is 19.3 Å². The average Bonchev–Trinajstić information content (AvgIpc) is 2.47. The summed E-state index contributed by atoms with van der Waals surface area (Å²) in [5.41, 5.74) is 4.72. The van der Waals surface area contributed by atoms with Gasteiger partial charge in [-0.05, 0) is 12.8 Å². The van der Waals surface area contributed by atoms with Crippen molar-refractivity contribution in [2.75, 3.05) is 33.4 Å². The van der Waals surface area contributed by atoms with E-state index in [1.165, 1.54) is 6.42 Å². The molecule has 0 aromatic heterocycles. The zero-order chi connectivity index (χ0) is 14.6. The van der Waals surface area contributed by atoms with E-state index in [0.717, 1.165) is 25.7 Å². The summed E-state index contributed by atoms with van der Waals surface area (Å²) in [5, 5.41) is 10.5. The lowest BCUT2D eigenvalue weighted by atomic mass is 9.73. The summed E-state index contributed by atoms with van der Waals surface area (Å²) in [4.78, 5) is 14.5. The number of nitrogens with two attached hydrogens (primary N) is 1. The van der Waals surface area contributed by atoms with E-state index in [1.54, 1.807) is 11.9 Å². The minimum absolute atomic E-state index is 0.111. The maximum absolute atomic E-state index is 12.8. The van der Waals surface area contributed by atoms with Gasteiger partial charge < -0.3 is 20.5 Å². The average molecular weight is 284 g/mol. The van der Waals surface area contributed by atoms with E-state index < -0.39 is 11.0 Å². The summed E-state index contributed by atoms with van der Waals surface area (Å²) in [7, 11) is 1.79. The van der Waals surface area contributed by atoms with Crippen molar-refractivity contribution < 1.29 is 14.6 Å². The van der Waals surface area contributed by atoms with Crippen LogP contribution in [0.25, 0.3) is 0 Å². The second-order valence-electron chi connectivity index (χ2n) is 6.54. The standard InChI is InChI=1S/C15H28N2O3/c1-17(12-15(19)7-9-20-10-8-15)13(18)14(11-16)5-3-2-4-6-14/h19H,2-12,16H2,1H3. The number of aliphatic hydroxyl groups is 1. The summed E-state index contributed by atoms with van der Waals surface area (Å²) >= 11 is 0. The van der Waals surface area contributed by atoms with Crippen LogP contribution in [-0.4, -0.2) is 54.9 Å². The van der Waals surface area contributed by atoms with E-state index >= 15 is 0 Å². The van der Waals surface area contributed by atoms with Gasteiger partial charge in [0.05, 0.1) is 11.0 Å². The number of ether oxygens (including phenoxy) is 1. The zero-order valence-electron chi connectivity index (χ0n) is 12.6. The molecular formula is C15H28N2O3. The molecule has 2 rings (SSSR count). The molecule has 0 atom stereocenters. The molecular weight excluding hydrogens is 256 g/mol. The molecule has 0 unspecified atom stereocenters. The Hall–Kier alpha value is -0.650. The van der Waals surface area contributed by atoms with Gasteiger partial charge >= 0.3 is 0 Å². The second-order valence-corrected chi connectivity index (χ2v) is 6.54. The van der Waals surface area contributed by atoms with Crippen molar-refractivity contribution in [2.45, 2.75) is 50.5 Å². The third-order valence-corrected chi connectivity index (χ3v) is 4.96. The number of hydrogen-bond acceptors (Lipinski definition) is 4. The highest BCUT2D eigenvalue weighted by atomic mass is 16.5. The van der Waals surface area contributed by atoms with Gasteiger partial charge in [0.2, 0.25) is 5.91 Å². The smallest absolute Gasteiger partial charge is 0.229 e. The molecule has 1 heterocycles. The Labute approximate surface area is 121 Å². The Morgan fingerprint density at radius 3 is 2.35 bits per heavy atom. The summed E-state index contributed by atoms with van der Waals surface area (Å²) < 4.78 is 5.28. The highest BCUT2D eigenvalue weighted by Gasteiger charge is 2.42. The van der Waals surface area contributed by atoms with Crippen LogP contribution < -0.4 is 5.73 Å². The number of carbonyl (C=O) groups is 1. The number of nitrogens with zero attached hydrogens (tertiary/aromatic N) is 1. The molecule has 0 spiro atoms. The Balaban J connectivity index is 1.99. The predicted molar refractivity (Wildman–Crippen MR) is 77.2 cm³/mol. The predicted octanol–water partition coefficient (Wildman–Crippen LogP) is 0.895. The fraction of sp³-hybridized carbons (Fsp3) is 0.933. The molecule has 5 nitrogen and oxygen atoms in total. The molecule has 0 aromatic rings. The molecule has 116 valence electrons. The lowest BCUT2D eigenvalue weighted by molar-refractivity contribution is -0.148. The maximum atomic E-state index is 12.8. The van der Waals surface area contributed by atoms with Crippen molar-refractivity contribution in [3.05, 3.63) is 0 Å². The number of likely N-dealkylation sites (N-methyl/N-ethyl adjacent to an activating group) is 1. The number of hydrogen-bond donors (Lipinski definition) is 2. The molecule has 2 aliphatic rings. The summed E-state index contributed by atoms with van der Waals surface area (Å²) in [6.07, 6.45) is 6.31. The molecule has 5 heteroatoms. The van der Waals surface area contributed by atoms with Gasteiger partial charge in [-0.25, -0.2) is 0 Å². The first kappa shape index (κ1) is 15.7. The monoisotopic (exact) mass is 284 g/mol. The van der Waals surface area contributed by atoms with Gasteiger partial charge in [-0.15, -0.1) is 0 Å². The molecule has 0 radical (unpaired) electrons. The first-order chi connectivity index (χ1) is 9.51. The molecule has 0 aromatic carbocycles. The first-order valence-electron chi connectivity index (χ1n) is 7.77. The van der Waals surface area contributed by atoms with Crippen LogP contribution >= 0.6 is 0 Å². The van der Waals surface area contributed by atoms with E-state index in [-0.39, 0.29) is 5.91 Å². The van der Waals surface area contributed by atoms with E-state index in [0.29, 0.717) is 39.1 Å². The van der Waals surface area contributed by atoms with Crippen LogP contribution in [0.1, 0.15) is 44.9 Å². The Bertz CT molecular complexity index is 334.